The third kappa shape index (κ3) is 3.78. The maximum Gasteiger partial charge on any atom is 0.305 e. The minimum Gasteiger partial charge on any atom is -0.469 e. The van der Waals surface area contributed by atoms with Crippen molar-refractivity contribution in [1.29, 1.82) is 0 Å². The van der Waals surface area contributed by atoms with Gasteiger partial charge in [-0.1, -0.05) is 26.7 Å². The molecule has 0 amide bonds. The van der Waals surface area contributed by atoms with Gasteiger partial charge in [0.25, 0.3) is 0 Å². The van der Waals surface area contributed by atoms with E-state index in [1.54, 1.807) is 0 Å². The van der Waals surface area contributed by atoms with E-state index < -0.39 is 0 Å². The second kappa shape index (κ2) is 5.67. The van der Waals surface area contributed by atoms with E-state index in [0.717, 1.165) is 0 Å². The SMILES string of the molecule is COC(=O)CC(CN)C1CCCC(C)(C)C1. The first-order valence-corrected chi connectivity index (χ1v) is 6.25. The van der Waals surface area contributed by atoms with E-state index in [2.05, 4.69) is 13.8 Å². The zero-order valence-corrected chi connectivity index (χ0v) is 10.8. The summed E-state index contributed by atoms with van der Waals surface area (Å²) in [7, 11) is 1.45. The predicted molar refractivity (Wildman–Crippen MR) is 64.9 cm³/mol. The lowest BCUT2D eigenvalue weighted by Crippen LogP contribution is -2.33. The molecule has 2 atom stereocenters. The van der Waals surface area contributed by atoms with Crippen LogP contribution >= 0.6 is 0 Å². The van der Waals surface area contributed by atoms with Crippen molar-refractivity contribution >= 4 is 5.97 Å². The Hall–Kier alpha value is -0.570. The highest BCUT2D eigenvalue weighted by Gasteiger charge is 2.33. The monoisotopic (exact) mass is 227 g/mol. The van der Waals surface area contributed by atoms with Crippen molar-refractivity contribution in [3.05, 3.63) is 0 Å². The third-order valence-corrected chi connectivity index (χ3v) is 3.87. The maximum absolute atomic E-state index is 11.3. The number of nitrogens with two attached hydrogens (primary N) is 1. The summed E-state index contributed by atoms with van der Waals surface area (Å²) < 4.78 is 4.73. The number of hydrogen-bond acceptors (Lipinski definition) is 3. The molecule has 1 fully saturated rings. The summed E-state index contributed by atoms with van der Waals surface area (Å²) in [6, 6.07) is 0. The molecule has 1 rings (SSSR count). The highest BCUT2D eigenvalue weighted by molar-refractivity contribution is 5.69. The summed E-state index contributed by atoms with van der Waals surface area (Å²) in [5.41, 5.74) is 6.20. The van der Waals surface area contributed by atoms with E-state index in [4.69, 9.17) is 10.5 Å². The average Bonchev–Trinajstić information content (AvgIpc) is 2.24. The van der Waals surface area contributed by atoms with Crippen LogP contribution in [0.2, 0.25) is 0 Å². The largest absolute Gasteiger partial charge is 0.469 e. The fourth-order valence-electron chi connectivity index (χ4n) is 2.90. The van der Waals surface area contributed by atoms with Gasteiger partial charge in [-0.2, -0.15) is 0 Å². The molecule has 0 bridgehead atoms. The van der Waals surface area contributed by atoms with Gasteiger partial charge in [0.05, 0.1) is 7.11 Å². The lowest BCUT2D eigenvalue weighted by molar-refractivity contribution is -0.142. The van der Waals surface area contributed by atoms with Crippen LogP contribution in [0.5, 0.6) is 0 Å². The molecule has 0 spiro atoms. The Bertz CT molecular complexity index is 238. The molecule has 2 unspecified atom stereocenters. The van der Waals surface area contributed by atoms with Crippen molar-refractivity contribution in [2.75, 3.05) is 13.7 Å². The number of methoxy groups -OCH3 is 1. The summed E-state index contributed by atoms with van der Waals surface area (Å²) in [6.07, 6.45) is 5.43. The molecule has 1 aliphatic rings. The Morgan fingerprint density at radius 3 is 2.75 bits per heavy atom. The number of ether oxygens (including phenoxy) is 1. The molecule has 94 valence electrons. The molecule has 0 aromatic carbocycles. The molecule has 0 aliphatic heterocycles. The molecule has 0 radical (unpaired) electrons. The standard InChI is InChI=1S/C13H25NO2/c1-13(2)6-4-5-10(8-13)11(9-14)7-12(15)16-3/h10-11H,4-9,14H2,1-3H3. The van der Waals surface area contributed by atoms with Crippen molar-refractivity contribution in [1.82, 2.24) is 0 Å². The molecule has 0 saturated heterocycles. The normalized spacial score (nSPS) is 26.1. The van der Waals surface area contributed by atoms with Gasteiger partial charge in [0.15, 0.2) is 0 Å². The van der Waals surface area contributed by atoms with Crippen LogP contribution in [0.15, 0.2) is 0 Å². The highest BCUT2D eigenvalue weighted by Crippen LogP contribution is 2.42. The van der Waals surface area contributed by atoms with E-state index >= 15 is 0 Å². The summed E-state index contributed by atoms with van der Waals surface area (Å²) in [5.74, 6) is 0.763. The third-order valence-electron chi connectivity index (χ3n) is 3.87. The van der Waals surface area contributed by atoms with Crippen LogP contribution in [-0.4, -0.2) is 19.6 Å². The number of hydrogen-bond donors (Lipinski definition) is 1. The lowest BCUT2D eigenvalue weighted by Gasteiger charge is -2.38. The van der Waals surface area contributed by atoms with Crippen LogP contribution in [0.3, 0.4) is 0 Å². The van der Waals surface area contributed by atoms with Crippen LogP contribution in [-0.2, 0) is 9.53 Å². The van der Waals surface area contributed by atoms with Crippen LogP contribution in [0.1, 0.15) is 46.0 Å². The first-order chi connectivity index (χ1) is 7.48. The van der Waals surface area contributed by atoms with E-state index in [9.17, 15) is 4.79 Å². The molecule has 3 heteroatoms. The Labute approximate surface area is 98.7 Å². The van der Waals surface area contributed by atoms with Gasteiger partial charge in [0.1, 0.15) is 0 Å². The van der Waals surface area contributed by atoms with Gasteiger partial charge in [0, 0.05) is 6.42 Å². The lowest BCUT2D eigenvalue weighted by atomic mass is 9.67. The van der Waals surface area contributed by atoms with Gasteiger partial charge in [-0.3, -0.25) is 4.79 Å². The van der Waals surface area contributed by atoms with Crippen molar-refractivity contribution in [2.24, 2.45) is 23.0 Å². The van der Waals surface area contributed by atoms with Crippen LogP contribution in [0.4, 0.5) is 0 Å². The number of rotatable bonds is 4. The minimum absolute atomic E-state index is 0.126. The van der Waals surface area contributed by atoms with Crippen molar-refractivity contribution in [2.45, 2.75) is 46.0 Å². The summed E-state index contributed by atoms with van der Waals surface area (Å²) in [5, 5.41) is 0. The quantitative estimate of drug-likeness (QED) is 0.750. The molecule has 1 saturated carbocycles. The first-order valence-electron chi connectivity index (χ1n) is 6.25. The second-order valence-electron chi connectivity index (χ2n) is 5.80. The van der Waals surface area contributed by atoms with E-state index in [-0.39, 0.29) is 5.97 Å². The Morgan fingerprint density at radius 1 is 1.56 bits per heavy atom. The highest BCUT2D eigenvalue weighted by atomic mass is 16.5. The zero-order chi connectivity index (χ0) is 12.2. The molecular formula is C13H25NO2. The summed E-state index contributed by atoms with van der Waals surface area (Å²) in [6.45, 7) is 5.21. The fraction of sp³-hybridized carbons (Fsp3) is 0.923. The van der Waals surface area contributed by atoms with Crippen LogP contribution < -0.4 is 5.73 Å². The fourth-order valence-corrected chi connectivity index (χ4v) is 2.90. The number of carbonyl (C=O) groups is 1. The minimum atomic E-state index is -0.126. The van der Waals surface area contributed by atoms with Crippen molar-refractivity contribution < 1.29 is 9.53 Å². The molecule has 2 N–H and O–H groups in total. The zero-order valence-electron chi connectivity index (χ0n) is 10.8. The number of carbonyl (C=O) groups excluding carboxylic acids is 1. The van der Waals surface area contributed by atoms with Crippen molar-refractivity contribution in [3.63, 3.8) is 0 Å². The van der Waals surface area contributed by atoms with Crippen molar-refractivity contribution in [3.8, 4) is 0 Å². The first kappa shape index (κ1) is 13.5. The Balaban J connectivity index is 2.55. The summed E-state index contributed by atoms with van der Waals surface area (Å²) in [4.78, 5) is 11.3. The summed E-state index contributed by atoms with van der Waals surface area (Å²) >= 11 is 0. The van der Waals surface area contributed by atoms with Gasteiger partial charge < -0.3 is 10.5 Å². The van der Waals surface area contributed by atoms with Gasteiger partial charge in [-0.25, -0.2) is 0 Å². The molecule has 0 aromatic rings. The molecule has 3 nitrogen and oxygen atoms in total. The van der Waals surface area contributed by atoms with Crippen LogP contribution in [0, 0.1) is 17.3 Å². The maximum atomic E-state index is 11.3. The average molecular weight is 227 g/mol. The molecular weight excluding hydrogens is 202 g/mol. The van der Waals surface area contributed by atoms with E-state index in [0.29, 0.717) is 30.2 Å². The van der Waals surface area contributed by atoms with E-state index in [1.165, 1.54) is 32.8 Å². The smallest absolute Gasteiger partial charge is 0.305 e. The topological polar surface area (TPSA) is 52.3 Å². The predicted octanol–water partition coefficient (Wildman–Crippen LogP) is 2.34. The van der Waals surface area contributed by atoms with Gasteiger partial charge in [-0.05, 0) is 36.6 Å². The van der Waals surface area contributed by atoms with E-state index in [1.807, 2.05) is 0 Å². The van der Waals surface area contributed by atoms with Crippen LogP contribution in [0.25, 0.3) is 0 Å². The molecule has 1 aliphatic carbocycles. The number of esters is 1. The van der Waals surface area contributed by atoms with Gasteiger partial charge in [-0.15, -0.1) is 0 Å². The molecule has 0 aromatic heterocycles. The molecule has 0 heterocycles. The van der Waals surface area contributed by atoms with Gasteiger partial charge in [0.2, 0.25) is 0 Å². The Morgan fingerprint density at radius 2 is 2.25 bits per heavy atom. The second-order valence-corrected chi connectivity index (χ2v) is 5.80. The van der Waals surface area contributed by atoms with Gasteiger partial charge >= 0.3 is 5.97 Å². The Kier molecular flexibility index (Phi) is 4.78. The molecule has 16 heavy (non-hydrogen) atoms.